The number of carbonyl (C=O) groups is 1. The molecule has 0 saturated carbocycles. The Morgan fingerprint density at radius 3 is 2.61 bits per heavy atom. The molecule has 1 amide bonds. The van der Waals surface area contributed by atoms with Crippen LogP contribution >= 0.6 is 0 Å². The van der Waals surface area contributed by atoms with Gasteiger partial charge in [-0.15, -0.1) is 0 Å². The van der Waals surface area contributed by atoms with Crippen LogP contribution in [0.3, 0.4) is 0 Å². The molecule has 1 aromatic heterocycles. The average molecular weight is 317 g/mol. The molecule has 1 atom stereocenters. The number of alkyl carbamates (subject to hydrolysis) is 1. The Kier molecular flexibility index (Phi) is 5.36. The standard InChI is InChI=1S/C17H23N3O3/c1-5-9-13(18-16(21)22-17(2,3)4)15-19-14(20-23-15)12-10-7-6-8-11-12/h6-8,10-11,13H,5,9H2,1-4H3,(H,18,21)/t13-/m0/s1. The second kappa shape index (κ2) is 7.26. The molecule has 6 heteroatoms. The summed E-state index contributed by atoms with van der Waals surface area (Å²) in [6.07, 6.45) is 1.06. The van der Waals surface area contributed by atoms with E-state index in [1.807, 2.05) is 58.0 Å². The molecule has 1 N–H and O–H groups in total. The van der Waals surface area contributed by atoms with Crippen molar-refractivity contribution in [2.75, 3.05) is 0 Å². The zero-order chi connectivity index (χ0) is 16.9. The van der Waals surface area contributed by atoms with E-state index in [0.717, 1.165) is 12.0 Å². The number of benzene rings is 1. The van der Waals surface area contributed by atoms with Crippen LogP contribution in [-0.4, -0.2) is 21.8 Å². The summed E-state index contributed by atoms with van der Waals surface area (Å²) < 4.78 is 10.6. The summed E-state index contributed by atoms with van der Waals surface area (Å²) in [6, 6.07) is 9.20. The third-order valence-corrected chi connectivity index (χ3v) is 3.04. The van der Waals surface area contributed by atoms with E-state index in [9.17, 15) is 4.79 Å². The molecule has 0 aliphatic rings. The number of hydrogen-bond donors (Lipinski definition) is 1. The third-order valence-electron chi connectivity index (χ3n) is 3.04. The van der Waals surface area contributed by atoms with Crippen molar-refractivity contribution < 1.29 is 14.1 Å². The maximum absolute atomic E-state index is 12.0. The van der Waals surface area contributed by atoms with Crippen molar-refractivity contribution >= 4 is 6.09 Å². The fourth-order valence-electron chi connectivity index (χ4n) is 2.08. The number of hydrogen-bond acceptors (Lipinski definition) is 5. The molecule has 2 aromatic rings. The van der Waals surface area contributed by atoms with Gasteiger partial charge < -0.3 is 14.6 Å². The number of carbonyl (C=O) groups excluding carboxylic acids is 1. The van der Waals surface area contributed by atoms with Gasteiger partial charge in [-0.3, -0.25) is 0 Å². The maximum Gasteiger partial charge on any atom is 0.408 e. The van der Waals surface area contributed by atoms with Crippen LogP contribution in [0.25, 0.3) is 11.4 Å². The Bertz CT molecular complexity index is 632. The first-order valence-electron chi connectivity index (χ1n) is 7.77. The Labute approximate surface area is 136 Å². The van der Waals surface area contributed by atoms with Crippen LogP contribution < -0.4 is 5.32 Å². The van der Waals surface area contributed by atoms with Crippen LogP contribution in [0.2, 0.25) is 0 Å². The lowest BCUT2D eigenvalue weighted by molar-refractivity contribution is 0.0490. The van der Waals surface area contributed by atoms with E-state index in [-0.39, 0.29) is 6.04 Å². The minimum atomic E-state index is -0.551. The van der Waals surface area contributed by atoms with E-state index in [2.05, 4.69) is 15.5 Å². The minimum Gasteiger partial charge on any atom is -0.444 e. The van der Waals surface area contributed by atoms with Gasteiger partial charge in [-0.2, -0.15) is 4.98 Å². The summed E-state index contributed by atoms with van der Waals surface area (Å²) >= 11 is 0. The molecule has 0 spiro atoms. The van der Waals surface area contributed by atoms with E-state index in [1.54, 1.807) is 0 Å². The first kappa shape index (κ1) is 17.0. The Morgan fingerprint density at radius 2 is 2.00 bits per heavy atom. The van der Waals surface area contributed by atoms with Crippen molar-refractivity contribution in [3.8, 4) is 11.4 Å². The average Bonchev–Trinajstić information content (AvgIpc) is 2.95. The van der Waals surface area contributed by atoms with Gasteiger partial charge in [0.05, 0.1) is 0 Å². The summed E-state index contributed by atoms with van der Waals surface area (Å²) in [6.45, 7) is 7.49. The van der Waals surface area contributed by atoms with Crippen molar-refractivity contribution in [1.29, 1.82) is 0 Å². The molecule has 124 valence electrons. The highest BCUT2D eigenvalue weighted by molar-refractivity contribution is 5.68. The molecule has 0 radical (unpaired) electrons. The van der Waals surface area contributed by atoms with Crippen molar-refractivity contribution in [3.63, 3.8) is 0 Å². The summed E-state index contributed by atoms with van der Waals surface area (Å²) in [5, 5.41) is 6.79. The van der Waals surface area contributed by atoms with Crippen molar-refractivity contribution in [2.45, 2.75) is 52.2 Å². The van der Waals surface area contributed by atoms with Gasteiger partial charge in [0.15, 0.2) is 0 Å². The van der Waals surface area contributed by atoms with Gasteiger partial charge in [0, 0.05) is 5.56 Å². The fraction of sp³-hybridized carbons (Fsp3) is 0.471. The van der Waals surface area contributed by atoms with E-state index in [4.69, 9.17) is 9.26 Å². The molecule has 23 heavy (non-hydrogen) atoms. The molecule has 0 aliphatic carbocycles. The third kappa shape index (κ3) is 5.09. The van der Waals surface area contributed by atoms with Gasteiger partial charge >= 0.3 is 6.09 Å². The van der Waals surface area contributed by atoms with Gasteiger partial charge in [-0.05, 0) is 27.2 Å². The normalized spacial score (nSPS) is 12.7. The number of rotatable bonds is 5. The predicted molar refractivity (Wildman–Crippen MR) is 86.8 cm³/mol. The SMILES string of the molecule is CCC[C@H](NC(=O)OC(C)(C)C)c1nc(-c2ccccc2)no1. The zero-order valence-corrected chi connectivity index (χ0v) is 14.0. The van der Waals surface area contributed by atoms with Crippen LogP contribution in [0.5, 0.6) is 0 Å². The lowest BCUT2D eigenvalue weighted by Crippen LogP contribution is -2.35. The number of aromatic nitrogens is 2. The number of nitrogens with one attached hydrogen (secondary N) is 1. The first-order valence-corrected chi connectivity index (χ1v) is 7.77. The van der Waals surface area contributed by atoms with Crippen LogP contribution in [0, 0.1) is 0 Å². The predicted octanol–water partition coefficient (Wildman–Crippen LogP) is 4.10. The van der Waals surface area contributed by atoms with Crippen LogP contribution in [0.1, 0.15) is 52.5 Å². The van der Waals surface area contributed by atoms with Gasteiger partial charge in [0.1, 0.15) is 11.6 Å². The summed E-state index contributed by atoms with van der Waals surface area (Å²) in [5.41, 5.74) is 0.320. The molecule has 0 aliphatic heterocycles. The highest BCUT2D eigenvalue weighted by Crippen LogP contribution is 2.22. The monoisotopic (exact) mass is 317 g/mol. The lowest BCUT2D eigenvalue weighted by atomic mass is 10.1. The highest BCUT2D eigenvalue weighted by atomic mass is 16.6. The number of nitrogens with zero attached hydrogens (tertiary/aromatic N) is 2. The summed E-state index contributed by atoms with van der Waals surface area (Å²) in [4.78, 5) is 16.4. The first-order chi connectivity index (χ1) is 10.9. The van der Waals surface area contributed by atoms with Gasteiger partial charge in [0.2, 0.25) is 11.7 Å². The molecule has 0 bridgehead atoms. The smallest absolute Gasteiger partial charge is 0.408 e. The second-order valence-corrected chi connectivity index (χ2v) is 6.31. The summed E-state index contributed by atoms with van der Waals surface area (Å²) in [5.74, 6) is 0.893. The minimum absolute atomic E-state index is 0.361. The van der Waals surface area contributed by atoms with E-state index >= 15 is 0 Å². The van der Waals surface area contributed by atoms with Crippen molar-refractivity contribution in [3.05, 3.63) is 36.2 Å². The van der Waals surface area contributed by atoms with Crippen molar-refractivity contribution in [1.82, 2.24) is 15.5 Å². The number of ether oxygens (including phenoxy) is 1. The van der Waals surface area contributed by atoms with Crippen LogP contribution in [0.15, 0.2) is 34.9 Å². The van der Waals surface area contributed by atoms with E-state index < -0.39 is 11.7 Å². The van der Waals surface area contributed by atoms with E-state index in [0.29, 0.717) is 18.1 Å². The Hall–Kier alpha value is -2.37. The molecule has 6 nitrogen and oxygen atoms in total. The Morgan fingerprint density at radius 1 is 1.30 bits per heavy atom. The topological polar surface area (TPSA) is 77.2 Å². The summed E-state index contributed by atoms with van der Waals surface area (Å²) in [7, 11) is 0. The van der Waals surface area contributed by atoms with E-state index in [1.165, 1.54) is 0 Å². The molecule has 1 heterocycles. The van der Waals surface area contributed by atoms with Crippen LogP contribution in [0.4, 0.5) is 4.79 Å². The molecular weight excluding hydrogens is 294 g/mol. The number of amides is 1. The molecule has 0 unspecified atom stereocenters. The molecule has 1 aromatic carbocycles. The molecule has 0 fully saturated rings. The Balaban J connectivity index is 2.12. The van der Waals surface area contributed by atoms with Gasteiger partial charge in [-0.25, -0.2) is 4.79 Å². The highest BCUT2D eigenvalue weighted by Gasteiger charge is 2.24. The second-order valence-electron chi connectivity index (χ2n) is 6.31. The largest absolute Gasteiger partial charge is 0.444 e. The fourth-order valence-corrected chi connectivity index (χ4v) is 2.08. The van der Waals surface area contributed by atoms with Gasteiger partial charge in [0.25, 0.3) is 0 Å². The van der Waals surface area contributed by atoms with Gasteiger partial charge in [-0.1, -0.05) is 48.8 Å². The van der Waals surface area contributed by atoms with Crippen LogP contribution in [-0.2, 0) is 4.74 Å². The molecule has 0 saturated heterocycles. The van der Waals surface area contributed by atoms with Crippen molar-refractivity contribution in [2.24, 2.45) is 0 Å². The zero-order valence-electron chi connectivity index (χ0n) is 14.0. The lowest BCUT2D eigenvalue weighted by Gasteiger charge is -2.22. The molecular formula is C17H23N3O3. The quantitative estimate of drug-likeness (QED) is 0.898. The maximum atomic E-state index is 12.0. The molecule has 2 rings (SSSR count).